The number of aryl methyl sites for hydroxylation is 1. The monoisotopic (exact) mass is 630 g/mol. The van der Waals surface area contributed by atoms with Gasteiger partial charge in [-0.05, 0) is 67.7 Å². The Labute approximate surface area is 268 Å². The average Bonchev–Trinajstić information content (AvgIpc) is 3.72. The fourth-order valence-corrected chi connectivity index (χ4v) is 7.61. The summed E-state index contributed by atoms with van der Waals surface area (Å²) in [6.45, 7) is 2.87. The van der Waals surface area contributed by atoms with Crippen LogP contribution in [0.3, 0.4) is 0 Å². The molecule has 2 aromatic carbocycles. The second-order valence-electron chi connectivity index (χ2n) is 13.3. The van der Waals surface area contributed by atoms with Crippen LogP contribution in [0.15, 0.2) is 36.4 Å². The van der Waals surface area contributed by atoms with Crippen LogP contribution < -0.4 is 10.5 Å². The molecule has 2 aliphatic heterocycles. The molecule has 4 aromatic rings. The van der Waals surface area contributed by atoms with Gasteiger partial charge in [-0.15, -0.1) is 0 Å². The number of para-hydroxylation sites is 1. The minimum atomic E-state index is -1.13. The lowest BCUT2D eigenvalue weighted by atomic mass is 9.88. The molecule has 10 nitrogen and oxygen atoms in total. The van der Waals surface area contributed by atoms with Crippen molar-refractivity contribution in [1.29, 1.82) is 0 Å². The zero-order valence-electron chi connectivity index (χ0n) is 26.8. The van der Waals surface area contributed by atoms with Crippen LogP contribution in [-0.4, -0.2) is 95.0 Å². The number of rotatable bonds is 9. The molecule has 1 amide bonds. The molecule has 2 saturated heterocycles. The third-order valence-electron chi connectivity index (χ3n) is 10.1. The first-order valence-electron chi connectivity index (χ1n) is 16.4. The van der Waals surface area contributed by atoms with E-state index in [1.165, 1.54) is 34.2 Å². The van der Waals surface area contributed by atoms with E-state index in [9.17, 15) is 14.0 Å². The van der Waals surface area contributed by atoms with Crippen LogP contribution in [0.5, 0.6) is 5.75 Å². The lowest BCUT2D eigenvalue weighted by molar-refractivity contribution is -0.128. The summed E-state index contributed by atoms with van der Waals surface area (Å²) in [6.07, 6.45) is 3.83. The highest BCUT2D eigenvalue weighted by molar-refractivity contribution is 6.00. The number of hydrogen-bond donors (Lipinski definition) is 1. The van der Waals surface area contributed by atoms with E-state index in [1.54, 1.807) is 26.4 Å². The Morgan fingerprint density at radius 1 is 1.11 bits per heavy atom. The number of likely N-dealkylation sites (tertiary alicyclic amines) is 2. The summed E-state index contributed by atoms with van der Waals surface area (Å²) < 4.78 is 30.0. The van der Waals surface area contributed by atoms with E-state index >= 15 is 0 Å². The molecule has 0 spiro atoms. The summed E-state index contributed by atoms with van der Waals surface area (Å²) in [4.78, 5) is 33.8. The van der Waals surface area contributed by atoms with Crippen LogP contribution in [0, 0.1) is 5.92 Å². The van der Waals surface area contributed by atoms with Crippen molar-refractivity contribution in [2.24, 2.45) is 18.7 Å². The SMILES string of the molecule is COc1cc(C(=O)N2C[C@H](N)C[C@@H](F)C2)cc2nc(-c3cc4cccc(C5CCN(C(C=O)OC)CC5)c4n3CC3CC3)n(C)c12. The van der Waals surface area contributed by atoms with E-state index in [4.69, 9.17) is 20.2 Å². The first-order valence-corrected chi connectivity index (χ1v) is 16.4. The molecule has 1 aliphatic carbocycles. The molecule has 2 N–H and O–H groups in total. The van der Waals surface area contributed by atoms with E-state index < -0.39 is 12.4 Å². The van der Waals surface area contributed by atoms with Gasteiger partial charge in [0.2, 0.25) is 0 Å². The highest BCUT2D eigenvalue weighted by atomic mass is 19.1. The third-order valence-corrected chi connectivity index (χ3v) is 10.1. The molecule has 46 heavy (non-hydrogen) atoms. The molecule has 0 radical (unpaired) electrons. The van der Waals surface area contributed by atoms with Gasteiger partial charge in [0.15, 0.2) is 18.3 Å². The molecule has 1 unspecified atom stereocenters. The summed E-state index contributed by atoms with van der Waals surface area (Å²) in [5.41, 5.74) is 11.5. The van der Waals surface area contributed by atoms with Gasteiger partial charge < -0.3 is 29.2 Å². The number of ether oxygens (including phenoxy) is 2. The largest absolute Gasteiger partial charge is 0.494 e. The maximum absolute atomic E-state index is 14.3. The average molecular weight is 631 g/mol. The zero-order valence-corrected chi connectivity index (χ0v) is 26.8. The van der Waals surface area contributed by atoms with Crippen molar-refractivity contribution in [3.8, 4) is 17.3 Å². The number of amides is 1. The quantitative estimate of drug-likeness (QED) is 0.272. The zero-order chi connectivity index (χ0) is 32.1. The molecule has 1 saturated carbocycles. The van der Waals surface area contributed by atoms with E-state index in [0.29, 0.717) is 35.2 Å². The van der Waals surface area contributed by atoms with Crippen molar-refractivity contribution in [3.63, 3.8) is 0 Å². The topological polar surface area (TPSA) is 108 Å². The first-order chi connectivity index (χ1) is 22.3. The summed E-state index contributed by atoms with van der Waals surface area (Å²) in [6, 6.07) is 11.9. The molecular weight excluding hydrogens is 587 g/mol. The van der Waals surface area contributed by atoms with Crippen LogP contribution in [0.2, 0.25) is 0 Å². The summed E-state index contributed by atoms with van der Waals surface area (Å²) >= 11 is 0. The van der Waals surface area contributed by atoms with Gasteiger partial charge in [-0.1, -0.05) is 18.2 Å². The number of carbonyl (C=O) groups is 2. The van der Waals surface area contributed by atoms with Crippen molar-refractivity contribution in [1.82, 2.24) is 23.9 Å². The number of piperidine rings is 2. The van der Waals surface area contributed by atoms with Gasteiger partial charge in [0, 0.05) is 57.3 Å². The molecule has 3 aliphatic rings. The van der Waals surface area contributed by atoms with Crippen molar-refractivity contribution in [2.45, 2.75) is 63.0 Å². The van der Waals surface area contributed by atoms with Crippen molar-refractivity contribution in [2.75, 3.05) is 40.4 Å². The number of aldehydes is 1. The molecule has 2 aromatic heterocycles. The van der Waals surface area contributed by atoms with Gasteiger partial charge >= 0.3 is 0 Å². The maximum Gasteiger partial charge on any atom is 0.254 e. The Balaban J connectivity index is 1.29. The number of nitrogens with two attached hydrogens (primary N) is 1. The number of nitrogens with zero attached hydrogens (tertiary/aromatic N) is 5. The number of hydrogen-bond acceptors (Lipinski definition) is 7. The Morgan fingerprint density at radius 3 is 2.57 bits per heavy atom. The second kappa shape index (κ2) is 12.4. The van der Waals surface area contributed by atoms with Crippen molar-refractivity contribution in [3.05, 3.63) is 47.5 Å². The molecule has 7 rings (SSSR count). The summed E-state index contributed by atoms with van der Waals surface area (Å²) in [5.74, 6) is 2.07. The van der Waals surface area contributed by atoms with E-state index in [1.807, 2.05) is 7.05 Å². The highest BCUT2D eigenvalue weighted by Crippen LogP contribution is 2.41. The van der Waals surface area contributed by atoms with Crippen LogP contribution in [0.1, 0.15) is 53.9 Å². The minimum absolute atomic E-state index is 0.0348. The van der Waals surface area contributed by atoms with Gasteiger partial charge in [0.05, 0.1) is 30.4 Å². The first kappa shape index (κ1) is 30.8. The minimum Gasteiger partial charge on any atom is -0.494 e. The molecule has 3 atom stereocenters. The van der Waals surface area contributed by atoms with Gasteiger partial charge in [-0.3, -0.25) is 14.5 Å². The second-order valence-corrected chi connectivity index (χ2v) is 13.3. The molecule has 3 fully saturated rings. The van der Waals surface area contributed by atoms with Crippen LogP contribution in [-0.2, 0) is 23.1 Å². The van der Waals surface area contributed by atoms with Crippen molar-refractivity contribution >= 4 is 34.1 Å². The standard InChI is InChI=1S/C35H43FN6O4/c1-39-33-28(13-24(15-30(33)45-2)35(44)41-18-25(36)16-26(37)19-41)38-34(39)29-14-23-5-4-6-27(32(23)42(29)17-21-7-8-21)22-9-11-40(12-10-22)31(20-43)46-3/h4-6,13-15,20-22,25-26,31H,7-12,16-19,37H2,1-3H3/t25-,26-,31?/m1/s1. The Bertz CT molecular complexity index is 1760. The molecule has 11 heteroatoms. The third kappa shape index (κ3) is 5.58. The van der Waals surface area contributed by atoms with Gasteiger partial charge in [-0.25, -0.2) is 9.37 Å². The predicted molar refractivity (Wildman–Crippen MR) is 175 cm³/mol. The van der Waals surface area contributed by atoms with E-state index in [-0.39, 0.29) is 24.9 Å². The number of aromatic nitrogens is 3. The number of alkyl halides is 1. The number of fused-ring (bicyclic) bond motifs is 2. The van der Waals surface area contributed by atoms with Gasteiger partial charge in [-0.2, -0.15) is 0 Å². The van der Waals surface area contributed by atoms with Crippen LogP contribution in [0.4, 0.5) is 4.39 Å². The fraction of sp³-hybridized carbons (Fsp3) is 0.514. The van der Waals surface area contributed by atoms with E-state index in [0.717, 1.165) is 55.8 Å². The Hall–Kier alpha value is -3.80. The molecule has 0 bridgehead atoms. The van der Waals surface area contributed by atoms with Crippen molar-refractivity contribution < 1.29 is 23.5 Å². The summed E-state index contributed by atoms with van der Waals surface area (Å²) in [7, 11) is 5.16. The lowest BCUT2D eigenvalue weighted by Crippen LogP contribution is -2.50. The summed E-state index contributed by atoms with van der Waals surface area (Å²) in [5, 5.41) is 1.18. The maximum atomic E-state index is 14.3. The van der Waals surface area contributed by atoms with Crippen LogP contribution >= 0.6 is 0 Å². The smallest absolute Gasteiger partial charge is 0.254 e. The van der Waals surface area contributed by atoms with Gasteiger partial charge in [0.25, 0.3) is 5.91 Å². The molecule has 4 heterocycles. The van der Waals surface area contributed by atoms with Crippen LogP contribution in [0.25, 0.3) is 33.5 Å². The Kier molecular flexibility index (Phi) is 8.33. The number of methoxy groups -OCH3 is 2. The number of imidazole rings is 1. The normalized spacial score (nSPS) is 22.1. The highest BCUT2D eigenvalue weighted by Gasteiger charge is 2.32. The predicted octanol–water partition coefficient (Wildman–Crippen LogP) is 4.48. The number of halogens is 1. The van der Waals surface area contributed by atoms with Gasteiger partial charge in [0.1, 0.15) is 17.4 Å². The fourth-order valence-electron chi connectivity index (χ4n) is 7.61. The molecule has 244 valence electrons. The Morgan fingerprint density at radius 2 is 1.89 bits per heavy atom. The van der Waals surface area contributed by atoms with E-state index in [2.05, 4.69) is 38.3 Å². The number of benzene rings is 2. The molecular formula is C35H43FN6O4. The lowest BCUT2D eigenvalue weighted by Gasteiger charge is -2.35. The number of carbonyl (C=O) groups excluding carboxylic acids is 2.